The van der Waals surface area contributed by atoms with Crippen LogP contribution in [0.15, 0.2) is 42.5 Å². The summed E-state index contributed by atoms with van der Waals surface area (Å²) in [4.78, 5) is 10.5. The van der Waals surface area contributed by atoms with E-state index in [4.69, 9.17) is 4.74 Å². The minimum absolute atomic E-state index is 0.126. The van der Waals surface area contributed by atoms with Crippen LogP contribution in [0.3, 0.4) is 0 Å². The largest absolute Gasteiger partial charge is 0.497 e. The van der Waals surface area contributed by atoms with Gasteiger partial charge in [0.1, 0.15) is 5.75 Å². The highest BCUT2D eigenvalue weighted by Crippen LogP contribution is 2.25. The molecule has 2 rings (SSSR count). The van der Waals surface area contributed by atoms with Crippen molar-refractivity contribution in [2.45, 2.75) is 13.5 Å². The van der Waals surface area contributed by atoms with Crippen LogP contribution in [0.5, 0.6) is 5.75 Å². The van der Waals surface area contributed by atoms with Crippen LogP contribution in [0.1, 0.15) is 11.1 Å². The van der Waals surface area contributed by atoms with Crippen molar-refractivity contribution in [1.82, 2.24) is 0 Å². The molecule has 0 saturated carbocycles. The lowest BCUT2D eigenvalue weighted by atomic mass is 10.1. The average Bonchev–Trinajstić information content (AvgIpc) is 2.46. The van der Waals surface area contributed by atoms with E-state index in [0.29, 0.717) is 12.1 Å². The van der Waals surface area contributed by atoms with E-state index in [9.17, 15) is 10.1 Å². The van der Waals surface area contributed by atoms with Crippen LogP contribution in [-0.4, -0.2) is 12.0 Å². The molecule has 5 heteroatoms. The van der Waals surface area contributed by atoms with E-state index in [-0.39, 0.29) is 10.6 Å². The maximum Gasteiger partial charge on any atom is 0.274 e. The van der Waals surface area contributed by atoms with Crippen LogP contribution in [0.2, 0.25) is 0 Å². The number of methoxy groups -OCH3 is 1. The maximum absolute atomic E-state index is 10.9. The van der Waals surface area contributed by atoms with Gasteiger partial charge in [-0.15, -0.1) is 0 Å². The molecule has 0 aliphatic rings. The van der Waals surface area contributed by atoms with Crippen LogP contribution in [0.25, 0.3) is 0 Å². The number of hydrogen-bond donors (Lipinski definition) is 1. The summed E-state index contributed by atoms with van der Waals surface area (Å²) in [5.41, 5.74) is 2.58. The first-order chi connectivity index (χ1) is 9.61. The van der Waals surface area contributed by atoms with E-state index >= 15 is 0 Å². The van der Waals surface area contributed by atoms with Crippen molar-refractivity contribution in [3.05, 3.63) is 63.7 Å². The molecule has 5 nitrogen and oxygen atoms in total. The lowest BCUT2D eigenvalue weighted by Crippen LogP contribution is -2.03. The second-order valence-corrected chi connectivity index (χ2v) is 4.41. The van der Waals surface area contributed by atoms with E-state index < -0.39 is 0 Å². The van der Waals surface area contributed by atoms with Gasteiger partial charge in [-0.3, -0.25) is 10.1 Å². The molecule has 0 spiro atoms. The molecule has 0 unspecified atom stereocenters. The van der Waals surface area contributed by atoms with Crippen LogP contribution in [0.4, 0.5) is 11.4 Å². The molecule has 0 radical (unpaired) electrons. The van der Waals surface area contributed by atoms with Crippen molar-refractivity contribution in [3.63, 3.8) is 0 Å². The number of benzene rings is 2. The fourth-order valence-corrected chi connectivity index (χ4v) is 1.99. The molecule has 0 amide bonds. The van der Waals surface area contributed by atoms with Gasteiger partial charge in [0.05, 0.1) is 12.0 Å². The Kier molecular flexibility index (Phi) is 4.20. The van der Waals surface area contributed by atoms with Gasteiger partial charge in [-0.1, -0.05) is 18.2 Å². The predicted octanol–water partition coefficient (Wildman–Crippen LogP) is 3.52. The topological polar surface area (TPSA) is 64.4 Å². The Labute approximate surface area is 117 Å². The Morgan fingerprint density at radius 3 is 2.70 bits per heavy atom. The molecule has 2 aromatic rings. The standard InChI is InChI=1S/C15H16N2O3/c1-11-14(7-4-8-15(11)17(18)19)16-10-12-5-3-6-13(9-12)20-2/h3-9,16H,10H2,1-2H3. The lowest BCUT2D eigenvalue weighted by Gasteiger charge is -2.10. The number of nitrogens with one attached hydrogen (secondary N) is 1. The maximum atomic E-state index is 10.9. The summed E-state index contributed by atoms with van der Waals surface area (Å²) < 4.78 is 5.16. The summed E-state index contributed by atoms with van der Waals surface area (Å²) >= 11 is 0. The van der Waals surface area contributed by atoms with E-state index in [0.717, 1.165) is 17.0 Å². The third-order valence-electron chi connectivity index (χ3n) is 3.12. The highest BCUT2D eigenvalue weighted by Gasteiger charge is 2.12. The number of rotatable bonds is 5. The molecule has 0 aliphatic heterocycles. The molecule has 0 heterocycles. The first kappa shape index (κ1) is 13.9. The first-order valence-corrected chi connectivity index (χ1v) is 6.22. The smallest absolute Gasteiger partial charge is 0.274 e. The molecule has 20 heavy (non-hydrogen) atoms. The van der Waals surface area contributed by atoms with E-state index in [1.54, 1.807) is 20.1 Å². The Hall–Kier alpha value is -2.56. The van der Waals surface area contributed by atoms with Crippen LogP contribution < -0.4 is 10.1 Å². The second-order valence-electron chi connectivity index (χ2n) is 4.41. The Morgan fingerprint density at radius 1 is 1.25 bits per heavy atom. The number of nitrogens with zero attached hydrogens (tertiary/aromatic N) is 1. The highest BCUT2D eigenvalue weighted by molar-refractivity contribution is 5.59. The minimum atomic E-state index is -0.369. The van der Waals surface area contributed by atoms with Gasteiger partial charge in [0.15, 0.2) is 0 Å². The Morgan fingerprint density at radius 2 is 2.00 bits per heavy atom. The average molecular weight is 272 g/mol. The molecule has 0 saturated heterocycles. The molecule has 0 bridgehead atoms. The minimum Gasteiger partial charge on any atom is -0.497 e. The monoisotopic (exact) mass is 272 g/mol. The molecule has 1 N–H and O–H groups in total. The van der Waals surface area contributed by atoms with Crippen molar-refractivity contribution >= 4 is 11.4 Å². The zero-order valence-corrected chi connectivity index (χ0v) is 11.4. The first-order valence-electron chi connectivity index (χ1n) is 6.22. The summed E-state index contributed by atoms with van der Waals surface area (Å²) in [6.07, 6.45) is 0. The number of ether oxygens (including phenoxy) is 1. The number of anilines is 1. The fraction of sp³-hybridized carbons (Fsp3) is 0.200. The van der Waals surface area contributed by atoms with Crippen molar-refractivity contribution in [2.24, 2.45) is 0 Å². The highest BCUT2D eigenvalue weighted by atomic mass is 16.6. The van der Waals surface area contributed by atoms with Crippen molar-refractivity contribution in [1.29, 1.82) is 0 Å². The van der Waals surface area contributed by atoms with Crippen LogP contribution in [0, 0.1) is 17.0 Å². The molecule has 0 aromatic heterocycles. The zero-order valence-electron chi connectivity index (χ0n) is 11.4. The molecule has 0 aliphatic carbocycles. The Balaban J connectivity index is 2.14. The molecule has 0 atom stereocenters. The van der Waals surface area contributed by atoms with Crippen molar-refractivity contribution < 1.29 is 9.66 Å². The molecular weight excluding hydrogens is 256 g/mol. The number of nitro groups is 1. The SMILES string of the molecule is COc1cccc(CNc2cccc([N+](=O)[O-])c2C)c1. The van der Waals surface area contributed by atoms with Gasteiger partial charge in [-0.05, 0) is 30.7 Å². The van der Waals surface area contributed by atoms with Gasteiger partial charge in [0.25, 0.3) is 5.69 Å². The van der Waals surface area contributed by atoms with Gasteiger partial charge < -0.3 is 10.1 Å². The summed E-state index contributed by atoms with van der Waals surface area (Å²) in [7, 11) is 1.62. The quantitative estimate of drug-likeness (QED) is 0.668. The van der Waals surface area contributed by atoms with Gasteiger partial charge in [-0.2, -0.15) is 0 Å². The summed E-state index contributed by atoms with van der Waals surface area (Å²) in [5.74, 6) is 0.792. The molecule has 0 fully saturated rings. The van der Waals surface area contributed by atoms with Crippen molar-refractivity contribution in [3.8, 4) is 5.75 Å². The molecule has 2 aromatic carbocycles. The summed E-state index contributed by atoms with van der Waals surface area (Å²) in [6.45, 7) is 2.32. The zero-order chi connectivity index (χ0) is 14.5. The van der Waals surface area contributed by atoms with E-state index in [1.807, 2.05) is 30.3 Å². The van der Waals surface area contributed by atoms with Crippen molar-refractivity contribution in [2.75, 3.05) is 12.4 Å². The Bertz CT molecular complexity index is 626. The molecule has 104 valence electrons. The molecular formula is C15H16N2O3. The fourth-order valence-electron chi connectivity index (χ4n) is 1.99. The van der Waals surface area contributed by atoms with Crippen LogP contribution >= 0.6 is 0 Å². The van der Waals surface area contributed by atoms with Gasteiger partial charge in [0, 0.05) is 23.9 Å². The van der Waals surface area contributed by atoms with Gasteiger partial charge in [-0.25, -0.2) is 0 Å². The second kappa shape index (κ2) is 6.06. The summed E-state index contributed by atoms with van der Waals surface area (Å²) in [6, 6.07) is 12.7. The van der Waals surface area contributed by atoms with Crippen LogP contribution in [-0.2, 0) is 6.54 Å². The van der Waals surface area contributed by atoms with E-state index in [1.165, 1.54) is 6.07 Å². The van der Waals surface area contributed by atoms with Gasteiger partial charge >= 0.3 is 0 Å². The summed E-state index contributed by atoms with van der Waals surface area (Å²) in [5, 5.41) is 14.1. The number of hydrogen-bond acceptors (Lipinski definition) is 4. The predicted molar refractivity (Wildman–Crippen MR) is 78.2 cm³/mol. The normalized spacial score (nSPS) is 10.1. The number of nitro benzene ring substituents is 1. The van der Waals surface area contributed by atoms with E-state index in [2.05, 4.69) is 5.32 Å². The van der Waals surface area contributed by atoms with Gasteiger partial charge in [0.2, 0.25) is 0 Å². The third kappa shape index (κ3) is 3.06. The third-order valence-corrected chi connectivity index (χ3v) is 3.12. The lowest BCUT2D eigenvalue weighted by molar-refractivity contribution is -0.385.